The van der Waals surface area contributed by atoms with Gasteiger partial charge in [-0.2, -0.15) is 0 Å². The minimum absolute atomic E-state index is 0. The van der Waals surface area contributed by atoms with Crippen LogP contribution in [-0.4, -0.2) is 30.9 Å². The van der Waals surface area contributed by atoms with Crippen LogP contribution in [0, 0.1) is 5.92 Å². The molecule has 0 amide bonds. The van der Waals surface area contributed by atoms with Crippen molar-refractivity contribution in [2.24, 2.45) is 5.92 Å². The lowest BCUT2D eigenvalue weighted by atomic mass is 10.1. The van der Waals surface area contributed by atoms with E-state index in [2.05, 4.69) is 31.3 Å². The van der Waals surface area contributed by atoms with Crippen molar-refractivity contribution < 1.29 is 9.84 Å². The highest BCUT2D eigenvalue weighted by Gasteiger charge is 2.09. The highest BCUT2D eigenvalue weighted by Crippen LogP contribution is 2.29. The maximum absolute atomic E-state index is 10.00. The molecule has 3 nitrogen and oxygen atoms in total. The zero-order valence-electron chi connectivity index (χ0n) is 13.7. The van der Waals surface area contributed by atoms with E-state index in [4.69, 9.17) is 4.74 Å². The average molecular weight is 336 g/mol. The number of halogens is 1. The second-order valence-electron chi connectivity index (χ2n) is 5.88. The van der Waals surface area contributed by atoms with Crippen molar-refractivity contribution in [3.8, 4) is 16.9 Å². The van der Waals surface area contributed by atoms with E-state index < -0.39 is 6.10 Å². The van der Waals surface area contributed by atoms with Crippen LogP contribution in [0.25, 0.3) is 11.1 Å². The fraction of sp³-hybridized carbons (Fsp3) is 0.368. The summed E-state index contributed by atoms with van der Waals surface area (Å²) in [5.74, 6) is 1.38. The number of nitrogens with one attached hydrogen (secondary N) is 1. The van der Waals surface area contributed by atoms with Gasteiger partial charge in [0.05, 0.1) is 0 Å². The van der Waals surface area contributed by atoms with Gasteiger partial charge >= 0.3 is 0 Å². The van der Waals surface area contributed by atoms with Crippen molar-refractivity contribution in [1.29, 1.82) is 0 Å². The van der Waals surface area contributed by atoms with Gasteiger partial charge in [0.2, 0.25) is 0 Å². The molecule has 2 N–H and O–H groups in total. The summed E-state index contributed by atoms with van der Waals surface area (Å²) in [5, 5.41) is 13.2. The molecule has 0 aromatic heterocycles. The zero-order valence-corrected chi connectivity index (χ0v) is 14.6. The molecule has 4 heteroatoms. The first-order chi connectivity index (χ1) is 10.7. The van der Waals surface area contributed by atoms with Crippen LogP contribution in [0.4, 0.5) is 0 Å². The highest BCUT2D eigenvalue weighted by atomic mass is 35.5. The van der Waals surface area contributed by atoms with Crippen LogP contribution >= 0.6 is 12.4 Å². The molecule has 0 bridgehead atoms. The number of benzene rings is 2. The Labute approximate surface area is 145 Å². The van der Waals surface area contributed by atoms with E-state index in [1.165, 1.54) is 0 Å². The molecule has 0 aliphatic carbocycles. The Kier molecular flexibility index (Phi) is 8.70. The number of aliphatic hydroxyl groups is 1. The summed E-state index contributed by atoms with van der Waals surface area (Å²) >= 11 is 0. The van der Waals surface area contributed by atoms with Crippen LogP contribution in [0.5, 0.6) is 5.75 Å². The van der Waals surface area contributed by atoms with Crippen molar-refractivity contribution in [2.75, 3.05) is 19.7 Å². The minimum atomic E-state index is -0.512. The summed E-state index contributed by atoms with van der Waals surface area (Å²) in [6.07, 6.45) is -0.512. The van der Waals surface area contributed by atoms with E-state index in [0.717, 1.165) is 23.4 Å². The predicted molar refractivity (Wildman–Crippen MR) is 98.3 cm³/mol. The molecule has 0 aliphatic rings. The lowest BCUT2D eigenvalue weighted by Gasteiger charge is -2.16. The van der Waals surface area contributed by atoms with Gasteiger partial charge in [-0.1, -0.05) is 62.4 Å². The minimum Gasteiger partial charge on any atom is -0.490 e. The van der Waals surface area contributed by atoms with E-state index in [0.29, 0.717) is 12.5 Å². The van der Waals surface area contributed by atoms with Gasteiger partial charge in [0, 0.05) is 12.1 Å². The molecule has 2 aromatic carbocycles. The number of hydrogen-bond acceptors (Lipinski definition) is 3. The molecule has 2 aromatic rings. The molecule has 1 unspecified atom stereocenters. The number of aliphatic hydroxyl groups excluding tert-OH is 1. The van der Waals surface area contributed by atoms with Crippen molar-refractivity contribution in [2.45, 2.75) is 20.0 Å². The van der Waals surface area contributed by atoms with Crippen LogP contribution in [0.15, 0.2) is 54.6 Å². The molecular weight excluding hydrogens is 310 g/mol. The van der Waals surface area contributed by atoms with Gasteiger partial charge in [-0.25, -0.2) is 0 Å². The Morgan fingerprint density at radius 2 is 1.61 bits per heavy atom. The van der Waals surface area contributed by atoms with Crippen LogP contribution in [0.3, 0.4) is 0 Å². The average Bonchev–Trinajstić information content (AvgIpc) is 2.54. The third kappa shape index (κ3) is 6.61. The summed E-state index contributed by atoms with van der Waals surface area (Å²) in [6, 6.07) is 18.1. The number of rotatable bonds is 8. The van der Waals surface area contributed by atoms with Gasteiger partial charge in [0.1, 0.15) is 18.5 Å². The molecule has 0 fully saturated rings. The highest BCUT2D eigenvalue weighted by molar-refractivity contribution is 5.85. The fourth-order valence-electron chi connectivity index (χ4n) is 2.23. The number of hydrogen-bond donors (Lipinski definition) is 2. The van der Waals surface area contributed by atoms with E-state index in [9.17, 15) is 5.11 Å². The van der Waals surface area contributed by atoms with Gasteiger partial charge in [-0.05, 0) is 24.1 Å². The first-order valence-electron chi connectivity index (χ1n) is 7.83. The summed E-state index contributed by atoms with van der Waals surface area (Å²) in [6.45, 7) is 6.02. The molecule has 23 heavy (non-hydrogen) atoms. The smallest absolute Gasteiger partial charge is 0.127 e. The molecule has 1 atom stereocenters. The second-order valence-corrected chi connectivity index (χ2v) is 5.88. The topological polar surface area (TPSA) is 41.5 Å². The maximum Gasteiger partial charge on any atom is 0.127 e. The van der Waals surface area contributed by atoms with E-state index in [1.54, 1.807) is 0 Å². The molecular formula is C19H26ClNO2. The molecule has 0 heterocycles. The van der Waals surface area contributed by atoms with Crippen molar-refractivity contribution in [3.63, 3.8) is 0 Å². The molecule has 0 saturated carbocycles. The summed E-state index contributed by atoms with van der Waals surface area (Å²) in [4.78, 5) is 0. The predicted octanol–water partition coefficient (Wildman–Crippen LogP) is 3.76. The van der Waals surface area contributed by atoms with Crippen LogP contribution in [-0.2, 0) is 0 Å². The Morgan fingerprint density at radius 3 is 2.30 bits per heavy atom. The van der Waals surface area contributed by atoms with Gasteiger partial charge in [0.25, 0.3) is 0 Å². The molecule has 2 rings (SSSR count). The first kappa shape index (κ1) is 19.5. The maximum atomic E-state index is 10.00. The molecule has 0 spiro atoms. The SMILES string of the molecule is CC(C)CNCC(O)COc1ccccc1-c1ccccc1.Cl. The van der Waals surface area contributed by atoms with E-state index >= 15 is 0 Å². The molecule has 0 saturated heterocycles. The van der Waals surface area contributed by atoms with Gasteiger partial charge in [-0.15, -0.1) is 12.4 Å². The standard InChI is InChI=1S/C19H25NO2.ClH/c1-15(2)12-20-13-17(21)14-22-19-11-7-6-10-18(19)16-8-4-3-5-9-16;/h3-11,15,17,20-21H,12-14H2,1-2H3;1H. The van der Waals surface area contributed by atoms with Gasteiger partial charge in [0.15, 0.2) is 0 Å². The largest absolute Gasteiger partial charge is 0.490 e. The lowest BCUT2D eigenvalue weighted by molar-refractivity contribution is 0.106. The van der Waals surface area contributed by atoms with Gasteiger partial charge < -0.3 is 15.2 Å². The molecule has 126 valence electrons. The third-order valence-electron chi connectivity index (χ3n) is 3.34. The quantitative estimate of drug-likeness (QED) is 0.771. The Hall–Kier alpha value is -1.55. The second kappa shape index (κ2) is 10.3. The van der Waals surface area contributed by atoms with Crippen molar-refractivity contribution in [1.82, 2.24) is 5.32 Å². The van der Waals surface area contributed by atoms with Crippen LogP contribution in [0.1, 0.15) is 13.8 Å². The lowest BCUT2D eigenvalue weighted by Crippen LogP contribution is -2.33. The zero-order chi connectivity index (χ0) is 15.8. The fourth-order valence-corrected chi connectivity index (χ4v) is 2.23. The Morgan fingerprint density at radius 1 is 0.957 bits per heavy atom. The molecule has 0 aliphatic heterocycles. The van der Waals surface area contributed by atoms with Gasteiger partial charge in [-0.3, -0.25) is 0 Å². The van der Waals surface area contributed by atoms with Crippen LogP contribution in [0.2, 0.25) is 0 Å². The normalized spacial score (nSPS) is 11.8. The van der Waals surface area contributed by atoms with Crippen LogP contribution < -0.4 is 10.1 Å². The van der Waals surface area contributed by atoms with Crippen molar-refractivity contribution in [3.05, 3.63) is 54.6 Å². The van der Waals surface area contributed by atoms with E-state index in [1.807, 2.05) is 42.5 Å². The third-order valence-corrected chi connectivity index (χ3v) is 3.34. The molecule has 0 radical (unpaired) electrons. The Balaban J connectivity index is 0.00000264. The van der Waals surface area contributed by atoms with E-state index in [-0.39, 0.29) is 19.0 Å². The number of ether oxygens (including phenoxy) is 1. The summed E-state index contributed by atoms with van der Waals surface area (Å²) in [5.41, 5.74) is 2.16. The summed E-state index contributed by atoms with van der Waals surface area (Å²) < 4.78 is 5.82. The monoisotopic (exact) mass is 335 g/mol. The van der Waals surface area contributed by atoms with Crippen molar-refractivity contribution >= 4 is 12.4 Å². The Bertz CT molecular complexity index is 560. The summed E-state index contributed by atoms with van der Waals surface area (Å²) in [7, 11) is 0. The first-order valence-corrected chi connectivity index (χ1v) is 7.83. The number of para-hydroxylation sites is 1.